The highest BCUT2D eigenvalue weighted by molar-refractivity contribution is 8.13. The zero-order chi connectivity index (χ0) is 17.5. The van der Waals surface area contributed by atoms with Crippen molar-refractivity contribution < 1.29 is 9.53 Å². The van der Waals surface area contributed by atoms with Crippen LogP contribution in [0.15, 0.2) is 29.3 Å². The number of piperazine rings is 1. The summed E-state index contributed by atoms with van der Waals surface area (Å²) in [6, 6.07) is 6.94. The van der Waals surface area contributed by atoms with E-state index in [-0.39, 0.29) is 5.91 Å². The Labute approximate surface area is 151 Å². The summed E-state index contributed by atoms with van der Waals surface area (Å²) in [7, 11) is 0. The Morgan fingerprint density at radius 1 is 1.29 bits per heavy atom. The maximum atomic E-state index is 12.5. The number of aliphatic imine (C=N–C) groups is 1. The third-order valence-electron chi connectivity index (χ3n) is 3.66. The monoisotopic (exact) mass is 366 g/mol. The maximum absolute atomic E-state index is 12.5. The lowest BCUT2D eigenvalue weighted by atomic mass is 10.2. The van der Waals surface area contributed by atoms with E-state index in [2.05, 4.69) is 4.99 Å². The maximum Gasteiger partial charge on any atom is 0.263 e. The fourth-order valence-corrected chi connectivity index (χ4v) is 3.13. The number of carbonyl (C=O) groups excluding carboxylic acids is 1. The molecule has 1 saturated heterocycles. The highest BCUT2D eigenvalue weighted by Gasteiger charge is 2.27. The SMILES string of the molecule is CSC(=NC#N)N1CCN(C(=O)[C@@H](C)Oc2ccc(Cl)cc2)CC1. The zero-order valence-electron chi connectivity index (χ0n) is 13.6. The van der Waals surface area contributed by atoms with Crippen LogP contribution in [-0.4, -0.2) is 59.4 Å². The van der Waals surface area contributed by atoms with E-state index < -0.39 is 6.10 Å². The third-order valence-corrected chi connectivity index (χ3v) is 4.63. The topological polar surface area (TPSA) is 68.9 Å². The van der Waals surface area contributed by atoms with Crippen LogP contribution >= 0.6 is 23.4 Å². The molecule has 0 saturated carbocycles. The van der Waals surface area contributed by atoms with Gasteiger partial charge in [0.25, 0.3) is 5.91 Å². The van der Waals surface area contributed by atoms with Crippen molar-refractivity contribution in [1.82, 2.24) is 9.80 Å². The summed E-state index contributed by atoms with van der Waals surface area (Å²) in [6.45, 7) is 4.21. The third kappa shape index (κ3) is 4.79. The molecule has 1 aliphatic rings. The molecule has 1 fully saturated rings. The molecule has 1 amide bonds. The highest BCUT2D eigenvalue weighted by Crippen LogP contribution is 2.18. The molecule has 0 unspecified atom stereocenters. The molecule has 24 heavy (non-hydrogen) atoms. The van der Waals surface area contributed by atoms with E-state index in [1.54, 1.807) is 36.1 Å². The molecule has 0 radical (unpaired) electrons. The van der Waals surface area contributed by atoms with Gasteiger partial charge in [0, 0.05) is 31.2 Å². The van der Waals surface area contributed by atoms with E-state index in [0.717, 1.165) is 0 Å². The van der Waals surface area contributed by atoms with Crippen LogP contribution in [0.4, 0.5) is 0 Å². The van der Waals surface area contributed by atoms with Gasteiger partial charge in [-0.25, -0.2) is 0 Å². The molecule has 6 nitrogen and oxygen atoms in total. The van der Waals surface area contributed by atoms with E-state index in [0.29, 0.717) is 42.1 Å². The fourth-order valence-electron chi connectivity index (χ4n) is 2.43. The van der Waals surface area contributed by atoms with E-state index in [1.807, 2.05) is 17.3 Å². The quantitative estimate of drug-likeness (QED) is 0.467. The highest BCUT2D eigenvalue weighted by atomic mass is 35.5. The number of benzene rings is 1. The molecule has 0 aliphatic carbocycles. The smallest absolute Gasteiger partial charge is 0.263 e. The lowest BCUT2D eigenvalue weighted by Crippen LogP contribution is -2.52. The van der Waals surface area contributed by atoms with Crippen molar-refractivity contribution in [1.29, 1.82) is 5.26 Å². The van der Waals surface area contributed by atoms with Gasteiger partial charge >= 0.3 is 0 Å². The second kappa shape index (κ2) is 8.81. The molecule has 1 heterocycles. The van der Waals surface area contributed by atoms with E-state index in [4.69, 9.17) is 21.6 Å². The zero-order valence-corrected chi connectivity index (χ0v) is 15.2. The predicted octanol–water partition coefficient (Wildman–Crippen LogP) is 2.45. The number of rotatable bonds is 3. The van der Waals surface area contributed by atoms with Gasteiger partial charge in [-0.1, -0.05) is 23.4 Å². The van der Waals surface area contributed by atoms with Crippen LogP contribution in [0, 0.1) is 11.5 Å². The summed E-state index contributed by atoms with van der Waals surface area (Å²) in [5.41, 5.74) is 0. The van der Waals surface area contributed by atoms with Crippen molar-refractivity contribution in [3.8, 4) is 11.9 Å². The first-order valence-corrected chi connectivity index (χ1v) is 9.12. The summed E-state index contributed by atoms with van der Waals surface area (Å²) in [5.74, 6) is 0.567. The second-order valence-electron chi connectivity index (χ2n) is 5.22. The van der Waals surface area contributed by atoms with Crippen molar-refractivity contribution in [3.63, 3.8) is 0 Å². The number of amidine groups is 1. The average Bonchev–Trinajstić information content (AvgIpc) is 2.61. The number of thioether (sulfide) groups is 1. The lowest BCUT2D eigenvalue weighted by molar-refractivity contribution is -0.139. The van der Waals surface area contributed by atoms with Crippen LogP contribution in [0.3, 0.4) is 0 Å². The lowest BCUT2D eigenvalue weighted by Gasteiger charge is -2.36. The molecule has 0 spiro atoms. The number of ether oxygens (including phenoxy) is 1. The summed E-state index contributed by atoms with van der Waals surface area (Å²) >= 11 is 7.27. The van der Waals surface area contributed by atoms with Crippen molar-refractivity contribution >= 4 is 34.4 Å². The Morgan fingerprint density at radius 2 is 1.88 bits per heavy atom. The van der Waals surface area contributed by atoms with Crippen molar-refractivity contribution in [2.45, 2.75) is 13.0 Å². The minimum atomic E-state index is -0.564. The Morgan fingerprint density at radius 3 is 2.42 bits per heavy atom. The first kappa shape index (κ1) is 18.4. The number of halogens is 1. The van der Waals surface area contributed by atoms with Crippen LogP contribution < -0.4 is 4.74 Å². The molecular formula is C16H19ClN4O2S. The van der Waals surface area contributed by atoms with Gasteiger partial charge in [0.1, 0.15) is 5.75 Å². The number of nitrogens with zero attached hydrogens (tertiary/aromatic N) is 4. The molecule has 2 rings (SSSR count). The molecular weight excluding hydrogens is 348 g/mol. The Kier molecular flexibility index (Phi) is 6.76. The summed E-state index contributed by atoms with van der Waals surface area (Å²) < 4.78 is 5.68. The number of amides is 1. The molecule has 1 atom stereocenters. The number of hydrogen-bond donors (Lipinski definition) is 0. The summed E-state index contributed by atoms with van der Waals surface area (Å²) in [4.78, 5) is 20.1. The largest absolute Gasteiger partial charge is 0.481 e. The van der Waals surface area contributed by atoms with Crippen molar-refractivity contribution in [2.75, 3.05) is 32.4 Å². The average molecular weight is 367 g/mol. The van der Waals surface area contributed by atoms with Crippen molar-refractivity contribution in [3.05, 3.63) is 29.3 Å². The van der Waals surface area contributed by atoms with Gasteiger partial charge in [-0.15, -0.1) is 4.99 Å². The number of nitriles is 1. The first-order valence-electron chi connectivity index (χ1n) is 7.52. The van der Waals surface area contributed by atoms with Crippen LogP contribution in [0.5, 0.6) is 5.75 Å². The van der Waals surface area contributed by atoms with Gasteiger partial charge in [-0.2, -0.15) is 5.26 Å². The fraction of sp³-hybridized carbons (Fsp3) is 0.438. The normalized spacial score (nSPS) is 16.5. The second-order valence-corrected chi connectivity index (χ2v) is 6.43. The summed E-state index contributed by atoms with van der Waals surface area (Å²) in [5, 5.41) is 10.0. The minimum Gasteiger partial charge on any atom is -0.481 e. The van der Waals surface area contributed by atoms with Crippen LogP contribution in [0.1, 0.15) is 6.92 Å². The van der Waals surface area contributed by atoms with Crippen LogP contribution in [0.25, 0.3) is 0 Å². The molecule has 128 valence electrons. The van der Waals surface area contributed by atoms with Gasteiger partial charge < -0.3 is 14.5 Å². The molecule has 0 aromatic heterocycles. The first-order chi connectivity index (χ1) is 11.5. The van der Waals surface area contributed by atoms with E-state index in [9.17, 15) is 4.79 Å². The predicted molar refractivity (Wildman–Crippen MR) is 96.3 cm³/mol. The van der Waals surface area contributed by atoms with Gasteiger partial charge in [0.15, 0.2) is 11.3 Å². The number of hydrogen-bond acceptors (Lipinski definition) is 5. The molecule has 0 bridgehead atoms. The molecule has 1 aromatic rings. The van der Waals surface area contributed by atoms with Gasteiger partial charge in [-0.3, -0.25) is 4.79 Å². The molecule has 8 heteroatoms. The molecule has 1 aliphatic heterocycles. The van der Waals surface area contributed by atoms with E-state index in [1.165, 1.54) is 11.8 Å². The summed E-state index contributed by atoms with van der Waals surface area (Å²) in [6.07, 6.45) is 3.14. The Bertz CT molecular complexity index is 636. The number of carbonyl (C=O) groups is 1. The van der Waals surface area contributed by atoms with Crippen LogP contribution in [-0.2, 0) is 4.79 Å². The van der Waals surface area contributed by atoms with Crippen molar-refractivity contribution in [2.24, 2.45) is 4.99 Å². The Balaban J connectivity index is 1.89. The van der Waals surface area contributed by atoms with Gasteiger partial charge in [0.2, 0.25) is 6.19 Å². The van der Waals surface area contributed by atoms with E-state index >= 15 is 0 Å². The van der Waals surface area contributed by atoms with Gasteiger partial charge in [-0.05, 0) is 37.4 Å². The molecule has 1 aromatic carbocycles. The Hall–Kier alpha value is -1.91. The standard InChI is InChI=1S/C16H19ClN4O2S/c1-12(23-14-5-3-13(17)4-6-14)15(22)20-7-9-21(10-8-20)16(24-2)19-11-18/h3-6,12H,7-10H2,1-2H3/t12-/m1/s1. The minimum absolute atomic E-state index is 0.0486. The molecule has 0 N–H and O–H groups in total. The van der Waals surface area contributed by atoms with Crippen LogP contribution in [0.2, 0.25) is 5.02 Å². The van der Waals surface area contributed by atoms with Gasteiger partial charge in [0.05, 0.1) is 0 Å².